The number of rotatable bonds is 9. The number of nitrogens with one attached hydrogen (secondary N) is 3. The maximum atomic E-state index is 14.3. The van der Waals surface area contributed by atoms with Crippen LogP contribution in [0.15, 0.2) is 71.6 Å². The Morgan fingerprint density at radius 3 is 2.56 bits per heavy atom. The van der Waals surface area contributed by atoms with Gasteiger partial charge >= 0.3 is 6.16 Å². The molecule has 11 heteroatoms. The minimum atomic E-state index is -4.13. The van der Waals surface area contributed by atoms with Crippen molar-refractivity contribution in [3.05, 3.63) is 77.9 Å². The maximum absolute atomic E-state index is 14.3. The van der Waals surface area contributed by atoms with Gasteiger partial charge in [0.15, 0.2) is 12.0 Å². The quantitative estimate of drug-likeness (QED) is 0.145. The number of hydrogen-bond acceptors (Lipinski definition) is 7. The van der Waals surface area contributed by atoms with Crippen LogP contribution in [-0.2, 0) is 26.0 Å². The van der Waals surface area contributed by atoms with Crippen LogP contribution in [-0.4, -0.2) is 49.6 Å². The van der Waals surface area contributed by atoms with Crippen LogP contribution in [0.2, 0.25) is 0 Å². The standard InChI is InChI=1S/C30H34N4O6S/c31-29(32)22-10-5-6-18(14-22)15-25(34-41(38,39)23-13-12-19-7-1-2-8-20(19)16-23)28(35)27-24-11-4-3-9-21(24)17-26(33-27)40-30(36)37/h1-2,5-8,10,12-14,16,21,24-27,33-34H,3-4,9,11,15,17H2,(H3,31,32)(H,36,37)/t21?,24?,25-,26?,27?/m0/s1. The lowest BCUT2D eigenvalue weighted by molar-refractivity contribution is -0.129. The second kappa shape index (κ2) is 12.0. The summed E-state index contributed by atoms with van der Waals surface area (Å²) in [6.07, 6.45) is 1.74. The molecule has 1 aliphatic heterocycles. The van der Waals surface area contributed by atoms with Crippen LogP contribution >= 0.6 is 0 Å². The highest BCUT2D eigenvalue weighted by atomic mass is 32.2. The van der Waals surface area contributed by atoms with Gasteiger partial charge < -0.3 is 15.6 Å². The van der Waals surface area contributed by atoms with Crippen LogP contribution in [0.4, 0.5) is 4.79 Å². The number of benzene rings is 3. The van der Waals surface area contributed by atoms with Crippen molar-refractivity contribution < 1.29 is 27.9 Å². The molecule has 2 aliphatic rings. The molecule has 4 unspecified atom stereocenters. The highest BCUT2D eigenvalue weighted by molar-refractivity contribution is 7.89. The summed E-state index contributed by atoms with van der Waals surface area (Å²) in [5.74, 6) is -0.500. The Hall–Kier alpha value is -3.80. The summed E-state index contributed by atoms with van der Waals surface area (Å²) in [6.45, 7) is 0. The summed E-state index contributed by atoms with van der Waals surface area (Å²) < 4.78 is 35.1. The van der Waals surface area contributed by atoms with Crippen molar-refractivity contribution in [2.75, 3.05) is 0 Å². The van der Waals surface area contributed by atoms with E-state index in [-0.39, 0.29) is 34.8 Å². The number of hydrogen-bond donors (Lipinski definition) is 5. The fourth-order valence-electron chi connectivity index (χ4n) is 6.24. The summed E-state index contributed by atoms with van der Waals surface area (Å²) in [5, 5.41) is 21.8. The molecule has 6 N–H and O–H groups in total. The minimum absolute atomic E-state index is 0.0206. The molecule has 1 saturated heterocycles. The molecule has 5 rings (SSSR count). The molecule has 3 aromatic carbocycles. The van der Waals surface area contributed by atoms with E-state index in [2.05, 4.69) is 10.0 Å². The number of ketones is 1. The molecular weight excluding hydrogens is 544 g/mol. The molecule has 0 radical (unpaired) electrons. The molecule has 3 aromatic rings. The zero-order valence-electron chi connectivity index (χ0n) is 22.5. The Bertz CT molecular complexity index is 1580. The number of ether oxygens (including phenoxy) is 1. The average molecular weight is 579 g/mol. The monoisotopic (exact) mass is 578 g/mol. The van der Waals surface area contributed by atoms with Gasteiger partial charge in [0, 0.05) is 12.0 Å². The van der Waals surface area contributed by atoms with Gasteiger partial charge in [-0.2, -0.15) is 0 Å². The zero-order chi connectivity index (χ0) is 29.1. The summed E-state index contributed by atoms with van der Waals surface area (Å²) in [4.78, 5) is 25.6. The van der Waals surface area contributed by atoms with Crippen LogP contribution in [0.1, 0.15) is 43.2 Å². The predicted octanol–water partition coefficient (Wildman–Crippen LogP) is 3.77. The van der Waals surface area contributed by atoms with E-state index in [1.54, 1.807) is 36.4 Å². The van der Waals surface area contributed by atoms with Gasteiger partial charge in [-0.1, -0.05) is 61.4 Å². The summed E-state index contributed by atoms with van der Waals surface area (Å²) in [6, 6.07) is 17.0. The van der Waals surface area contributed by atoms with E-state index in [0.29, 0.717) is 17.5 Å². The Morgan fingerprint density at radius 2 is 1.80 bits per heavy atom. The molecule has 1 aliphatic carbocycles. The largest absolute Gasteiger partial charge is 0.507 e. The number of fused-ring (bicyclic) bond motifs is 2. The van der Waals surface area contributed by atoms with Gasteiger partial charge in [-0.3, -0.25) is 15.5 Å². The van der Waals surface area contributed by atoms with Crippen LogP contribution < -0.4 is 15.8 Å². The Balaban J connectivity index is 1.49. The van der Waals surface area contributed by atoms with Gasteiger partial charge in [-0.25, -0.2) is 17.9 Å². The number of carboxylic acid groups (broad SMARTS) is 1. The van der Waals surface area contributed by atoms with Crippen molar-refractivity contribution in [1.82, 2.24) is 10.0 Å². The first-order valence-electron chi connectivity index (χ1n) is 13.7. The number of sulfonamides is 1. The number of piperidine rings is 1. The third kappa shape index (κ3) is 6.58. The first-order valence-corrected chi connectivity index (χ1v) is 15.2. The minimum Gasteiger partial charge on any atom is -0.450 e. The summed E-state index contributed by atoms with van der Waals surface area (Å²) in [7, 11) is -4.13. The molecule has 0 aromatic heterocycles. The molecule has 5 atom stereocenters. The van der Waals surface area contributed by atoms with Gasteiger partial charge in [0.05, 0.1) is 17.0 Å². The maximum Gasteiger partial charge on any atom is 0.507 e. The van der Waals surface area contributed by atoms with Gasteiger partial charge in [0.2, 0.25) is 10.0 Å². The molecule has 0 bridgehead atoms. The van der Waals surface area contributed by atoms with Crippen molar-refractivity contribution >= 4 is 38.6 Å². The van der Waals surface area contributed by atoms with E-state index in [4.69, 9.17) is 15.9 Å². The number of amidine groups is 1. The predicted molar refractivity (Wildman–Crippen MR) is 154 cm³/mol. The van der Waals surface area contributed by atoms with Crippen molar-refractivity contribution in [3.8, 4) is 0 Å². The van der Waals surface area contributed by atoms with E-state index in [1.807, 2.05) is 24.3 Å². The molecular formula is C30H34N4O6S. The topological polar surface area (TPSA) is 172 Å². The average Bonchev–Trinajstić information content (AvgIpc) is 2.95. The first kappa shape index (κ1) is 28.7. The molecule has 41 heavy (non-hydrogen) atoms. The number of nitrogen functional groups attached to an aromatic ring is 1. The van der Waals surface area contributed by atoms with Crippen molar-refractivity contribution in [2.45, 2.75) is 61.7 Å². The number of carbonyl (C=O) groups excluding carboxylic acids is 1. The second-order valence-corrected chi connectivity index (χ2v) is 12.6. The normalized spacial score (nSPS) is 23.3. The molecule has 0 spiro atoms. The van der Waals surface area contributed by atoms with Gasteiger partial charge in [-0.15, -0.1) is 0 Å². The Morgan fingerprint density at radius 1 is 1.05 bits per heavy atom. The third-order valence-corrected chi connectivity index (χ3v) is 9.65. The van der Waals surface area contributed by atoms with E-state index in [1.165, 1.54) is 6.07 Å². The zero-order valence-corrected chi connectivity index (χ0v) is 23.3. The highest BCUT2D eigenvalue weighted by Gasteiger charge is 2.45. The van der Waals surface area contributed by atoms with Crippen LogP contribution in [0.5, 0.6) is 0 Å². The molecule has 0 amide bonds. The molecule has 1 heterocycles. The van der Waals surface area contributed by atoms with E-state index in [9.17, 15) is 23.1 Å². The lowest BCUT2D eigenvalue weighted by Crippen LogP contribution is -2.61. The lowest BCUT2D eigenvalue weighted by atomic mass is 9.69. The van der Waals surface area contributed by atoms with Crippen molar-refractivity contribution in [2.24, 2.45) is 17.6 Å². The number of nitrogens with two attached hydrogens (primary N) is 1. The fraction of sp³-hybridized carbons (Fsp3) is 0.367. The van der Waals surface area contributed by atoms with Gasteiger partial charge in [-0.05, 0) is 65.6 Å². The number of carbonyl (C=O) groups is 2. The number of Topliss-reactive ketones (excluding diaryl/α,β-unsaturated/α-hetero) is 1. The van der Waals surface area contributed by atoms with E-state index in [0.717, 1.165) is 36.5 Å². The van der Waals surface area contributed by atoms with Crippen LogP contribution in [0, 0.1) is 17.2 Å². The van der Waals surface area contributed by atoms with E-state index >= 15 is 0 Å². The molecule has 2 fully saturated rings. The summed E-state index contributed by atoms with van der Waals surface area (Å²) in [5.41, 5.74) is 6.77. The second-order valence-electron chi connectivity index (χ2n) is 10.9. The van der Waals surface area contributed by atoms with Crippen LogP contribution in [0.3, 0.4) is 0 Å². The first-order chi connectivity index (χ1) is 19.6. The van der Waals surface area contributed by atoms with Crippen molar-refractivity contribution in [3.63, 3.8) is 0 Å². The van der Waals surface area contributed by atoms with Gasteiger partial charge in [0.1, 0.15) is 5.84 Å². The SMILES string of the molecule is N=C(N)c1cccc(C[C@H](NS(=O)(=O)c2ccc3ccccc3c2)C(=O)C2NC(OC(=O)O)CC3CCCCC32)c1. The molecule has 1 saturated carbocycles. The smallest absolute Gasteiger partial charge is 0.450 e. The Kier molecular flexibility index (Phi) is 8.39. The Labute approximate surface area is 238 Å². The van der Waals surface area contributed by atoms with E-state index < -0.39 is 34.5 Å². The van der Waals surface area contributed by atoms with Crippen molar-refractivity contribution in [1.29, 1.82) is 5.41 Å². The fourth-order valence-corrected chi connectivity index (χ4v) is 7.48. The third-order valence-electron chi connectivity index (χ3n) is 8.18. The molecule has 216 valence electrons. The lowest BCUT2D eigenvalue weighted by Gasteiger charge is -2.44. The summed E-state index contributed by atoms with van der Waals surface area (Å²) >= 11 is 0. The highest BCUT2D eigenvalue weighted by Crippen LogP contribution is 2.39. The molecule has 10 nitrogen and oxygen atoms in total. The van der Waals surface area contributed by atoms with Crippen LogP contribution in [0.25, 0.3) is 10.8 Å². The van der Waals surface area contributed by atoms with Gasteiger partial charge in [0.25, 0.3) is 0 Å².